The van der Waals surface area contributed by atoms with Crippen LogP contribution < -0.4 is 14.5 Å². The maximum Gasteiger partial charge on any atom is 0.233 e. The highest BCUT2D eigenvalue weighted by atomic mass is 32.2. The van der Waals surface area contributed by atoms with Crippen LogP contribution in [0.3, 0.4) is 0 Å². The number of likely N-dealkylation sites (N-methyl/N-ethyl adjacent to an activating group) is 1. The zero-order valence-electron chi connectivity index (χ0n) is 21.8. The number of hydrogen-bond donors (Lipinski definition) is 1. The predicted octanol–water partition coefficient (Wildman–Crippen LogP) is 3.29. The molecular weight excluding hydrogens is 507 g/mol. The van der Waals surface area contributed by atoms with Gasteiger partial charge in [0, 0.05) is 61.4 Å². The molecule has 0 amide bonds. The first-order chi connectivity index (χ1) is 18.1. The molecule has 1 saturated heterocycles. The van der Waals surface area contributed by atoms with E-state index in [0.717, 1.165) is 41.0 Å². The fourth-order valence-corrected chi connectivity index (χ4v) is 5.17. The van der Waals surface area contributed by atoms with Crippen LogP contribution >= 0.6 is 0 Å². The zero-order chi connectivity index (χ0) is 27.0. The maximum absolute atomic E-state index is 15.0. The van der Waals surface area contributed by atoms with E-state index in [2.05, 4.69) is 44.2 Å². The zero-order valence-corrected chi connectivity index (χ0v) is 22.7. The second-order valence-electron chi connectivity index (χ2n) is 9.78. The molecule has 38 heavy (non-hydrogen) atoms. The summed E-state index contributed by atoms with van der Waals surface area (Å²) in [5.74, 6) is 0.394. The Morgan fingerprint density at radius 3 is 2.68 bits per heavy atom. The number of pyridine rings is 1. The minimum atomic E-state index is -3.47. The van der Waals surface area contributed by atoms with Gasteiger partial charge >= 0.3 is 0 Å². The Bertz CT molecular complexity index is 1570. The molecule has 4 aromatic rings. The van der Waals surface area contributed by atoms with Gasteiger partial charge in [-0.05, 0) is 50.8 Å². The smallest absolute Gasteiger partial charge is 0.233 e. The molecule has 1 aromatic carbocycles. The Kier molecular flexibility index (Phi) is 6.93. The van der Waals surface area contributed by atoms with Crippen molar-refractivity contribution in [1.82, 2.24) is 24.4 Å². The van der Waals surface area contributed by atoms with E-state index in [4.69, 9.17) is 0 Å². The molecule has 1 fully saturated rings. The summed E-state index contributed by atoms with van der Waals surface area (Å²) in [5.41, 5.74) is 2.53. The standard InChI is InChI=1S/C26H31FN8O2S/c1-32(2)21-10-13-34(17-21)23-8-7-20(14-22(23)27)30-26-29-15-18-9-12-35(25(18)31-26)16-19-6-5-11-28-24(19)33(3)38(4,36)37/h5-9,11-12,14-15,21H,10,13,16-17H2,1-4H3,(H,29,30,31). The van der Waals surface area contributed by atoms with Crippen molar-refractivity contribution in [3.63, 3.8) is 0 Å². The highest BCUT2D eigenvalue weighted by Crippen LogP contribution is 2.28. The summed E-state index contributed by atoms with van der Waals surface area (Å²) < 4.78 is 42.3. The van der Waals surface area contributed by atoms with Crippen molar-refractivity contribution in [1.29, 1.82) is 0 Å². The Balaban J connectivity index is 1.37. The van der Waals surface area contributed by atoms with Crippen molar-refractivity contribution in [2.24, 2.45) is 0 Å². The second kappa shape index (κ2) is 10.2. The summed E-state index contributed by atoms with van der Waals surface area (Å²) in [6, 6.07) is 11.0. The summed E-state index contributed by atoms with van der Waals surface area (Å²) >= 11 is 0. The van der Waals surface area contributed by atoms with E-state index in [1.165, 1.54) is 13.1 Å². The summed E-state index contributed by atoms with van der Waals surface area (Å²) in [5, 5.41) is 3.93. The number of nitrogens with one attached hydrogen (secondary N) is 1. The Morgan fingerprint density at radius 2 is 1.97 bits per heavy atom. The third-order valence-electron chi connectivity index (χ3n) is 6.94. The number of benzene rings is 1. The molecule has 1 N–H and O–H groups in total. The van der Waals surface area contributed by atoms with Crippen LogP contribution in [-0.4, -0.2) is 79.4 Å². The van der Waals surface area contributed by atoms with Crippen molar-refractivity contribution in [3.05, 3.63) is 66.4 Å². The molecule has 0 bridgehead atoms. The quantitative estimate of drug-likeness (QED) is 0.365. The van der Waals surface area contributed by atoms with E-state index in [1.54, 1.807) is 24.5 Å². The molecule has 0 aliphatic carbocycles. The first-order valence-corrected chi connectivity index (χ1v) is 14.1. The van der Waals surface area contributed by atoms with Crippen LogP contribution in [0, 0.1) is 5.82 Å². The fraction of sp³-hybridized carbons (Fsp3) is 0.346. The van der Waals surface area contributed by atoms with Crippen LogP contribution in [0.2, 0.25) is 0 Å². The molecule has 1 unspecified atom stereocenters. The van der Waals surface area contributed by atoms with Gasteiger partial charge in [0.2, 0.25) is 16.0 Å². The van der Waals surface area contributed by atoms with Gasteiger partial charge in [-0.2, -0.15) is 4.98 Å². The monoisotopic (exact) mass is 538 g/mol. The molecule has 200 valence electrons. The molecule has 10 nitrogen and oxygen atoms in total. The van der Waals surface area contributed by atoms with Gasteiger partial charge in [-0.1, -0.05) is 6.07 Å². The van der Waals surface area contributed by atoms with Crippen LogP contribution in [-0.2, 0) is 16.6 Å². The third-order valence-corrected chi connectivity index (χ3v) is 8.11. The van der Waals surface area contributed by atoms with Gasteiger partial charge in [0.05, 0.1) is 18.5 Å². The van der Waals surface area contributed by atoms with Crippen molar-refractivity contribution < 1.29 is 12.8 Å². The number of sulfonamides is 1. The third kappa shape index (κ3) is 5.27. The molecule has 4 heterocycles. The molecule has 1 aliphatic heterocycles. The lowest BCUT2D eigenvalue weighted by Crippen LogP contribution is -2.31. The summed E-state index contributed by atoms with van der Waals surface area (Å²) in [7, 11) is 2.11. The lowest BCUT2D eigenvalue weighted by molar-refractivity contribution is 0.315. The number of anilines is 4. The Hall–Kier alpha value is -3.77. The summed E-state index contributed by atoms with van der Waals surface area (Å²) in [4.78, 5) is 17.6. The number of rotatable bonds is 8. The average Bonchev–Trinajstić information content (AvgIpc) is 3.51. The topological polar surface area (TPSA) is 99.5 Å². The highest BCUT2D eigenvalue weighted by Gasteiger charge is 2.26. The normalized spacial score (nSPS) is 15.9. The highest BCUT2D eigenvalue weighted by molar-refractivity contribution is 7.92. The van der Waals surface area contributed by atoms with Crippen molar-refractivity contribution >= 4 is 44.2 Å². The molecular formula is C26H31FN8O2S. The average molecular weight is 539 g/mol. The van der Waals surface area contributed by atoms with E-state index >= 15 is 4.39 Å². The number of fused-ring (bicyclic) bond motifs is 1. The minimum Gasteiger partial charge on any atom is -0.368 e. The number of nitrogens with zero attached hydrogens (tertiary/aromatic N) is 7. The number of aromatic nitrogens is 4. The van der Waals surface area contributed by atoms with Gasteiger partial charge < -0.3 is 19.7 Å². The molecule has 12 heteroatoms. The van der Waals surface area contributed by atoms with E-state index < -0.39 is 10.0 Å². The SMILES string of the molecule is CN(C)C1CCN(c2ccc(Nc3ncc4ccn(Cc5cccnc5N(C)S(C)(=O)=O)c4n3)cc2F)C1. The Labute approximate surface area is 221 Å². The number of hydrogen-bond acceptors (Lipinski definition) is 8. The first-order valence-electron chi connectivity index (χ1n) is 12.3. The molecule has 5 rings (SSSR count). The second-order valence-corrected chi connectivity index (χ2v) is 11.8. The molecule has 0 saturated carbocycles. The molecule has 1 aliphatic rings. The summed E-state index contributed by atoms with van der Waals surface area (Å²) in [6.07, 6.45) is 7.27. The first kappa shape index (κ1) is 25.9. The molecule has 3 aromatic heterocycles. The van der Waals surface area contributed by atoms with Crippen LogP contribution in [0.1, 0.15) is 12.0 Å². The van der Waals surface area contributed by atoms with Crippen LogP contribution in [0.25, 0.3) is 11.0 Å². The van der Waals surface area contributed by atoms with E-state index in [9.17, 15) is 8.42 Å². The van der Waals surface area contributed by atoms with Gasteiger partial charge in [0.1, 0.15) is 17.3 Å². The molecule has 1 atom stereocenters. The van der Waals surface area contributed by atoms with E-state index in [-0.39, 0.29) is 5.82 Å². The van der Waals surface area contributed by atoms with Gasteiger partial charge in [0.15, 0.2) is 0 Å². The van der Waals surface area contributed by atoms with Gasteiger partial charge in [0.25, 0.3) is 0 Å². The van der Waals surface area contributed by atoms with Crippen molar-refractivity contribution in [2.45, 2.75) is 19.0 Å². The lowest BCUT2D eigenvalue weighted by Gasteiger charge is -2.22. The van der Waals surface area contributed by atoms with Crippen molar-refractivity contribution in [3.8, 4) is 0 Å². The Morgan fingerprint density at radius 1 is 1.16 bits per heavy atom. The fourth-order valence-electron chi connectivity index (χ4n) is 4.69. The van der Waals surface area contributed by atoms with Crippen LogP contribution in [0.4, 0.5) is 27.5 Å². The molecule has 0 radical (unpaired) electrons. The van der Waals surface area contributed by atoms with E-state index in [0.29, 0.717) is 41.4 Å². The van der Waals surface area contributed by atoms with Crippen LogP contribution in [0.5, 0.6) is 0 Å². The summed E-state index contributed by atoms with van der Waals surface area (Å²) in [6.45, 7) is 1.98. The molecule has 0 spiro atoms. The largest absolute Gasteiger partial charge is 0.368 e. The van der Waals surface area contributed by atoms with E-state index in [1.807, 2.05) is 29.0 Å². The minimum absolute atomic E-state index is 0.294. The predicted molar refractivity (Wildman–Crippen MR) is 148 cm³/mol. The lowest BCUT2D eigenvalue weighted by atomic mass is 10.2. The number of halogens is 1. The maximum atomic E-state index is 15.0. The van der Waals surface area contributed by atoms with Gasteiger partial charge in [-0.15, -0.1) is 0 Å². The van der Waals surface area contributed by atoms with Gasteiger partial charge in [-0.3, -0.25) is 4.31 Å². The van der Waals surface area contributed by atoms with Gasteiger partial charge in [-0.25, -0.2) is 22.8 Å². The van der Waals surface area contributed by atoms with Crippen LogP contribution in [0.15, 0.2) is 55.0 Å². The van der Waals surface area contributed by atoms with Crippen molar-refractivity contribution in [2.75, 3.05) is 55.0 Å².